The molecule has 0 spiro atoms. The lowest BCUT2D eigenvalue weighted by atomic mass is 10.2. The summed E-state index contributed by atoms with van der Waals surface area (Å²) in [5, 5.41) is 0. The summed E-state index contributed by atoms with van der Waals surface area (Å²) < 4.78 is 27.7. The van der Waals surface area contributed by atoms with Crippen LogP contribution >= 0.6 is 0 Å². The molecule has 0 bridgehead atoms. The highest BCUT2D eigenvalue weighted by atomic mass is 32.2. The van der Waals surface area contributed by atoms with Gasteiger partial charge in [0, 0.05) is 18.4 Å². The first-order valence-corrected chi connectivity index (χ1v) is 10.4. The van der Waals surface area contributed by atoms with Crippen LogP contribution in [0.2, 0.25) is 0 Å². The predicted octanol–water partition coefficient (Wildman–Crippen LogP) is 3.39. The third-order valence-electron chi connectivity index (χ3n) is 4.70. The average Bonchev–Trinajstić information content (AvgIpc) is 3.12. The molecule has 0 saturated carbocycles. The molecule has 2 heterocycles. The van der Waals surface area contributed by atoms with E-state index >= 15 is 0 Å². The molecule has 2 aromatic carbocycles. The lowest BCUT2D eigenvalue weighted by Gasteiger charge is -2.17. The molecule has 0 fully saturated rings. The highest BCUT2D eigenvalue weighted by Gasteiger charge is 2.25. The van der Waals surface area contributed by atoms with Crippen molar-refractivity contribution in [1.29, 1.82) is 0 Å². The summed E-state index contributed by atoms with van der Waals surface area (Å²) in [5.41, 5.74) is 3.57. The molecule has 6 nitrogen and oxygen atoms in total. The largest absolute Gasteiger partial charge is 0.308 e. The maximum Gasteiger partial charge on any atom is 0.261 e. The second-order valence-electron chi connectivity index (χ2n) is 6.72. The van der Waals surface area contributed by atoms with Crippen molar-refractivity contribution >= 4 is 27.3 Å². The minimum Gasteiger partial charge on any atom is -0.308 e. The van der Waals surface area contributed by atoms with Gasteiger partial charge in [0.05, 0.1) is 22.3 Å². The van der Waals surface area contributed by atoms with Gasteiger partial charge in [0.2, 0.25) is 0 Å². The molecular formula is C21H19N3O3S. The van der Waals surface area contributed by atoms with E-state index in [0.29, 0.717) is 12.1 Å². The number of para-hydroxylation sites is 1. The molecule has 0 saturated heterocycles. The fourth-order valence-corrected chi connectivity index (χ4v) is 4.28. The SMILES string of the molecule is Cc1ccc(S(=O)(=O)Nc2cncc(C(=O)N3CCc4ccccc43)c2)cc1. The highest BCUT2D eigenvalue weighted by Crippen LogP contribution is 2.29. The third kappa shape index (κ3) is 3.48. The summed E-state index contributed by atoms with van der Waals surface area (Å²) in [6.07, 6.45) is 3.64. The van der Waals surface area contributed by atoms with Crippen molar-refractivity contribution in [3.8, 4) is 0 Å². The van der Waals surface area contributed by atoms with Gasteiger partial charge >= 0.3 is 0 Å². The number of anilines is 2. The summed E-state index contributed by atoms with van der Waals surface area (Å²) in [6.45, 7) is 2.48. The van der Waals surface area contributed by atoms with Crippen molar-refractivity contribution in [2.24, 2.45) is 0 Å². The number of carbonyl (C=O) groups excluding carboxylic acids is 1. The molecule has 142 valence electrons. The molecule has 1 N–H and O–H groups in total. The van der Waals surface area contributed by atoms with Crippen LogP contribution in [0.25, 0.3) is 0 Å². The van der Waals surface area contributed by atoms with Crippen molar-refractivity contribution in [3.63, 3.8) is 0 Å². The Morgan fingerprint density at radius 2 is 1.82 bits per heavy atom. The average molecular weight is 393 g/mol. The Morgan fingerprint density at radius 1 is 1.07 bits per heavy atom. The van der Waals surface area contributed by atoms with Crippen molar-refractivity contribution in [2.45, 2.75) is 18.2 Å². The summed E-state index contributed by atoms with van der Waals surface area (Å²) in [4.78, 5) is 18.8. The van der Waals surface area contributed by atoms with Crippen LogP contribution in [0.3, 0.4) is 0 Å². The first-order chi connectivity index (χ1) is 13.4. The zero-order valence-electron chi connectivity index (χ0n) is 15.3. The third-order valence-corrected chi connectivity index (χ3v) is 6.10. The number of nitrogens with zero attached hydrogens (tertiary/aromatic N) is 2. The normalized spacial score (nSPS) is 13.2. The van der Waals surface area contributed by atoms with Crippen molar-refractivity contribution in [3.05, 3.63) is 83.7 Å². The van der Waals surface area contributed by atoms with Crippen LogP contribution in [0.5, 0.6) is 0 Å². The van der Waals surface area contributed by atoms with Gasteiger partial charge in [-0.2, -0.15) is 0 Å². The number of hydrogen-bond donors (Lipinski definition) is 1. The number of nitrogens with one attached hydrogen (secondary N) is 1. The van der Waals surface area contributed by atoms with Crippen LogP contribution in [-0.4, -0.2) is 25.9 Å². The van der Waals surface area contributed by atoms with Crippen molar-refractivity contribution < 1.29 is 13.2 Å². The van der Waals surface area contributed by atoms with E-state index in [1.165, 1.54) is 18.5 Å². The molecule has 0 aliphatic carbocycles. The number of hydrogen-bond acceptors (Lipinski definition) is 4. The maximum absolute atomic E-state index is 12.9. The summed E-state index contributed by atoms with van der Waals surface area (Å²) in [5.74, 6) is -0.200. The monoisotopic (exact) mass is 393 g/mol. The van der Waals surface area contributed by atoms with Gasteiger partial charge in [0.1, 0.15) is 0 Å². The van der Waals surface area contributed by atoms with E-state index in [1.54, 1.807) is 29.2 Å². The molecule has 1 amide bonds. The van der Waals surface area contributed by atoms with Gasteiger partial charge in [-0.25, -0.2) is 8.42 Å². The number of sulfonamides is 1. The predicted molar refractivity (Wildman–Crippen MR) is 108 cm³/mol. The zero-order valence-corrected chi connectivity index (χ0v) is 16.1. The van der Waals surface area contributed by atoms with Crippen LogP contribution in [0, 0.1) is 6.92 Å². The first kappa shape index (κ1) is 18.2. The van der Waals surface area contributed by atoms with Gasteiger partial charge in [-0.15, -0.1) is 0 Å². The minimum absolute atomic E-state index is 0.156. The van der Waals surface area contributed by atoms with Crippen LogP contribution in [0.1, 0.15) is 21.5 Å². The van der Waals surface area contributed by atoms with E-state index in [-0.39, 0.29) is 16.5 Å². The number of rotatable bonds is 4. The molecule has 1 aliphatic rings. The van der Waals surface area contributed by atoms with E-state index in [9.17, 15) is 13.2 Å². The molecular weight excluding hydrogens is 374 g/mol. The van der Waals surface area contributed by atoms with Crippen molar-refractivity contribution in [1.82, 2.24) is 4.98 Å². The van der Waals surface area contributed by atoms with Crippen LogP contribution in [0.15, 0.2) is 71.9 Å². The fraction of sp³-hybridized carbons (Fsp3) is 0.143. The number of aromatic nitrogens is 1. The van der Waals surface area contributed by atoms with E-state index in [1.807, 2.05) is 31.2 Å². The smallest absolute Gasteiger partial charge is 0.261 e. The summed E-state index contributed by atoms with van der Waals surface area (Å²) in [7, 11) is -3.76. The van der Waals surface area contributed by atoms with E-state index < -0.39 is 10.0 Å². The Balaban J connectivity index is 1.58. The van der Waals surface area contributed by atoms with E-state index in [0.717, 1.165) is 23.2 Å². The number of pyridine rings is 1. The molecule has 1 aromatic heterocycles. The number of benzene rings is 2. The number of carbonyl (C=O) groups is 1. The first-order valence-electron chi connectivity index (χ1n) is 8.88. The number of fused-ring (bicyclic) bond motifs is 1. The van der Waals surface area contributed by atoms with Crippen LogP contribution < -0.4 is 9.62 Å². The molecule has 0 radical (unpaired) electrons. The Hall–Kier alpha value is -3.19. The van der Waals surface area contributed by atoms with Crippen LogP contribution in [-0.2, 0) is 16.4 Å². The van der Waals surface area contributed by atoms with Gasteiger partial charge in [-0.3, -0.25) is 14.5 Å². The summed E-state index contributed by atoms with van der Waals surface area (Å²) >= 11 is 0. The molecule has 7 heteroatoms. The van der Waals surface area contributed by atoms with Gasteiger partial charge in [0.25, 0.3) is 15.9 Å². The maximum atomic E-state index is 12.9. The second kappa shape index (κ2) is 7.09. The number of amides is 1. The molecule has 0 atom stereocenters. The number of aryl methyl sites for hydroxylation is 1. The molecule has 1 aliphatic heterocycles. The quantitative estimate of drug-likeness (QED) is 0.737. The molecule has 28 heavy (non-hydrogen) atoms. The zero-order chi connectivity index (χ0) is 19.7. The van der Waals surface area contributed by atoms with Gasteiger partial charge in [-0.05, 0) is 43.2 Å². The van der Waals surface area contributed by atoms with Crippen molar-refractivity contribution in [2.75, 3.05) is 16.2 Å². The lowest BCUT2D eigenvalue weighted by molar-refractivity contribution is 0.0989. The van der Waals surface area contributed by atoms with Gasteiger partial charge < -0.3 is 4.90 Å². The highest BCUT2D eigenvalue weighted by molar-refractivity contribution is 7.92. The lowest BCUT2D eigenvalue weighted by Crippen LogP contribution is -2.29. The van der Waals surface area contributed by atoms with Gasteiger partial charge in [-0.1, -0.05) is 35.9 Å². The van der Waals surface area contributed by atoms with E-state index in [4.69, 9.17) is 0 Å². The van der Waals surface area contributed by atoms with Crippen LogP contribution in [0.4, 0.5) is 11.4 Å². The molecule has 0 unspecified atom stereocenters. The molecule has 4 rings (SSSR count). The minimum atomic E-state index is -3.76. The van der Waals surface area contributed by atoms with E-state index in [2.05, 4.69) is 9.71 Å². The standard InChI is InChI=1S/C21H19N3O3S/c1-15-6-8-19(9-7-15)28(26,27)23-18-12-17(13-22-14-18)21(25)24-11-10-16-4-2-3-5-20(16)24/h2-9,12-14,23H,10-11H2,1H3. The Morgan fingerprint density at radius 3 is 2.61 bits per heavy atom. The Kier molecular flexibility index (Phi) is 4.60. The Labute approximate surface area is 163 Å². The second-order valence-corrected chi connectivity index (χ2v) is 8.40. The Bertz CT molecular complexity index is 1140. The molecule has 3 aromatic rings. The topological polar surface area (TPSA) is 79.4 Å². The van der Waals surface area contributed by atoms with Gasteiger partial charge in [0.15, 0.2) is 0 Å². The summed E-state index contributed by atoms with van der Waals surface area (Å²) in [6, 6.07) is 15.8. The fourth-order valence-electron chi connectivity index (χ4n) is 3.25.